The molecule has 27 heavy (non-hydrogen) atoms. The highest BCUT2D eigenvalue weighted by molar-refractivity contribution is 5.95. The van der Waals surface area contributed by atoms with Gasteiger partial charge >= 0.3 is 5.97 Å². The van der Waals surface area contributed by atoms with E-state index in [0.29, 0.717) is 12.2 Å². The Bertz CT molecular complexity index is 1040. The van der Waals surface area contributed by atoms with Crippen LogP contribution in [-0.4, -0.2) is 27.5 Å². The van der Waals surface area contributed by atoms with Crippen LogP contribution in [0.5, 0.6) is 0 Å². The number of aromatic nitrogens is 2. The molecule has 3 heterocycles. The van der Waals surface area contributed by atoms with Crippen LogP contribution in [0, 0.1) is 6.92 Å². The van der Waals surface area contributed by atoms with Gasteiger partial charge in [-0.05, 0) is 56.2 Å². The smallest absolute Gasteiger partial charge is 0.339 e. The predicted molar refractivity (Wildman–Crippen MR) is 104 cm³/mol. The maximum absolute atomic E-state index is 12.6. The summed E-state index contributed by atoms with van der Waals surface area (Å²) in [6.07, 6.45) is 7.71. The summed E-state index contributed by atoms with van der Waals surface area (Å²) >= 11 is 0. The molecule has 0 atom stereocenters. The van der Waals surface area contributed by atoms with Crippen LogP contribution in [-0.2, 0) is 24.0 Å². The Kier molecular flexibility index (Phi) is 3.54. The molecular formula is C22H23N3O2. The van der Waals surface area contributed by atoms with E-state index in [1.807, 2.05) is 30.6 Å². The number of fused-ring (bicyclic) bond motifs is 4. The number of esters is 1. The minimum Gasteiger partial charge on any atom is -0.462 e. The van der Waals surface area contributed by atoms with Gasteiger partial charge in [-0.2, -0.15) is 0 Å². The average Bonchev–Trinajstić information content (AvgIpc) is 3.20. The summed E-state index contributed by atoms with van der Waals surface area (Å²) in [5.41, 5.74) is 7.36. The monoisotopic (exact) mass is 361 g/mol. The third-order valence-electron chi connectivity index (χ3n) is 5.89. The van der Waals surface area contributed by atoms with Crippen LogP contribution < -0.4 is 5.32 Å². The van der Waals surface area contributed by atoms with E-state index in [-0.39, 0.29) is 11.5 Å². The van der Waals surface area contributed by atoms with E-state index < -0.39 is 0 Å². The first-order chi connectivity index (χ1) is 13.1. The summed E-state index contributed by atoms with van der Waals surface area (Å²) in [6, 6.07) is 8.68. The van der Waals surface area contributed by atoms with Crippen molar-refractivity contribution < 1.29 is 9.53 Å². The van der Waals surface area contributed by atoms with Gasteiger partial charge in [-0.1, -0.05) is 24.3 Å². The molecule has 3 aromatic rings. The maximum atomic E-state index is 12.6. The molecule has 0 saturated heterocycles. The molecule has 2 aliphatic rings. The quantitative estimate of drug-likeness (QED) is 0.707. The third-order valence-corrected chi connectivity index (χ3v) is 5.89. The normalized spacial score (nSPS) is 16.8. The molecule has 5 heteroatoms. The molecule has 0 radical (unpaired) electrons. The molecule has 1 aliphatic heterocycles. The van der Waals surface area contributed by atoms with E-state index in [2.05, 4.69) is 29.6 Å². The third kappa shape index (κ3) is 2.52. The number of carbonyl (C=O) groups is 1. The first-order valence-electron chi connectivity index (χ1n) is 9.62. The number of imidazole rings is 1. The molecule has 5 rings (SSSR count). The second-order valence-corrected chi connectivity index (χ2v) is 7.76. The number of rotatable bonds is 2. The summed E-state index contributed by atoms with van der Waals surface area (Å²) in [4.78, 5) is 17.3. The summed E-state index contributed by atoms with van der Waals surface area (Å²) in [6.45, 7) is 4.20. The van der Waals surface area contributed by atoms with Crippen molar-refractivity contribution in [1.29, 1.82) is 0 Å². The maximum Gasteiger partial charge on any atom is 0.339 e. The van der Waals surface area contributed by atoms with Crippen LogP contribution in [0.4, 0.5) is 5.69 Å². The van der Waals surface area contributed by atoms with E-state index in [1.165, 1.54) is 11.1 Å². The lowest BCUT2D eigenvalue weighted by Gasteiger charge is -2.37. The van der Waals surface area contributed by atoms with Gasteiger partial charge in [0.2, 0.25) is 0 Å². The van der Waals surface area contributed by atoms with Gasteiger partial charge in [0.25, 0.3) is 0 Å². The minimum atomic E-state index is -0.255. The van der Waals surface area contributed by atoms with Gasteiger partial charge in [0.15, 0.2) is 5.65 Å². The fourth-order valence-corrected chi connectivity index (χ4v) is 4.71. The SMILES string of the molecule is CCOC(=O)c1cn2cc(C)nc2c2c1CCC1(Cc3ccccc3C1)N2. The van der Waals surface area contributed by atoms with Gasteiger partial charge in [-0.25, -0.2) is 9.78 Å². The second-order valence-electron chi connectivity index (χ2n) is 7.76. The minimum absolute atomic E-state index is 0.00428. The average molecular weight is 361 g/mol. The molecule has 1 N–H and O–H groups in total. The number of benzene rings is 1. The molecule has 1 spiro atoms. The molecule has 0 fully saturated rings. The van der Waals surface area contributed by atoms with Crippen molar-refractivity contribution >= 4 is 17.3 Å². The Morgan fingerprint density at radius 1 is 1.26 bits per heavy atom. The number of carbonyl (C=O) groups excluding carboxylic acids is 1. The summed E-state index contributed by atoms with van der Waals surface area (Å²) in [5, 5.41) is 3.82. The Labute approximate surface area is 158 Å². The molecule has 5 nitrogen and oxygen atoms in total. The lowest BCUT2D eigenvalue weighted by atomic mass is 9.83. The van der Waals surface area contributed by atoms with E-state index in [4.69, 9.17) is 9.72 Å². The zero-order valence-electron chi connectivity index (χ0n) is 15.7. The lowest BCUT2D eigenvalue weighted by Crippen LogP contribution is -2.43. The topological polar surface area (TPSA) is 55.6 Å². The van der Waals surface area contributed by atoms with Crippen molar-refractivity contribution in [3.05, 3.63) is 64.6 Å². The molecule has 0 amide bonds. The highest BCUT2D eigenvalue weighted by Gasteiger charge is 2.41. The number of hydrogen-bond acceptors (Lipinski definition) is 4. The van der Waals surface area contributed by atoms with Crippen molar-refractivity contribution in [3.63, 3.8) is 0 Å². The molecule has 1 aliphatic carbocycles. The van der Waals surface area contributed by atoms with Gasteiger partial charge in [0, 0.05) is 17.9 Å². The van der Waals surface area contributed by atoms with E-state index in [9.17, 15) is 4.79 Å². The van der Waals surface area contributed by atoms with Gasteiger partial charge in [0.1, 0.15) is 0 Å². The first-order valence-corrected chi connectivity index (χ1v) is 9.62. The number of anilines is 1. The predicted octanol–water partition coefficient (Wildman–Crippen LogP) is 3.72. The fraction of sp³-hybridized carbons (Fsp3) is 0.364. The highest BCUT2D eigenvalue weighted by Crippen LogP contribution is 2.42. The largest absolute Gasteiger partial charge is 0.462 e. The van der Waals surface area contributed by atoms with Crippen molar-refractivity contribution in [3.8, 4) is 0 Å². The molecule has 0 saturated carbocycles. The Morgan fingerprint density at radius 3 is 2.70 bits per heavy atom. The van der Waals surface area contributed by atoms with Crippen LogP contribution in [0.25, 0.3) is 5.65 Å². The highest BCUT2D eigenvalue weighted by atomic mass is 16.5. The van der Waals surface area contributed by atoms with Crippen LogP contribution in [0.3, 0.4) is 0 Å². The number of aryl methyl sites for hydroxylation is 1. The number of nitrogens with zero attached hydrogens (tertiary/aromatic N) is 2. The van der Waals surface area contributed by atoms with Gasteiger partial charge in [-0.15, -0.1) is 0 Å². The second kappa shape index (κ2) is 5.84. The Morgan fingerprint density at radius 2 is 2.00 bits per heavy atom. The number of hydrogen-bond donors (Lipinski definition) is 1. The van der Waals surface area contributed by atoms with E-state index in [0.717, 1.165) is 48.3 Å². The summed E-state index contributed by atoms with van der Waals surface area (Å²) < 4.78 is 7.27. The summed E-state index contributed by atoms with van der Waals surface area (Å²) in [7, 11) is 0. The molecule has 0 unspecified atom stereocenters. The van der Waals surface area contributed by atoms with E-state index in [1.54, 1.807) is 0 Å². The summed E-state index contributed by atoms with van der Waals surface area (Å²) in [5.74, 6) is -0.255. The van der Waals surface area contributed by atoms with Crippen LogP contribution in [0.1, 0.15) is 46.1 Å². The van der Waals surface area contributed by atoms with Gasteiger partial charge in [-0.3, -0.25) is 0 Å². The zero-order chi connectivity index (χ0) is 18.6. The van der Waals surface area contributed by atoms with Crippen molar-refractivity contribution in [2.24, 2.45) is 0 Å². The number of nitrogens with one attached hydrogen (secondary N) is 1. The van der Waals surface area contributed by atoms with Gasteiger partial charge < -0.3 is 14.5 Å². The van der Waals surface area contributed by atoms with Crippen molar-refractivity contribution in [1.82, 2.24) is 9.38 Å². The van der Waals surface area contributed by atoms with E-state index >= 15 is 0 Å². The van der Waals surface area contributed by atoms with Gasteiger partial charge in [0.05, 0.1) is 23.6 Å². The molecule has 0 bridgehead atoms. The molecular weight excluding hydrogens is 338 g/mol. The molecule has 1 aromatic carbocycles. The zero-order valence-corrected chi connectivity index (χ0v) is 15.7. The van der Waals surface area contributed by atoms with Crippen molar-refractivity contribution in [2.75, 3.05) is 11.9 Å². The Balaban J connectivity index is 1.63. The Hall–Kier alpha value is -2.82. The molecule has 2 aromatic heterocycles. The standard InChI is InChI=1S/C22H23N3O2/c1-3-27-21(26)18-13-25-12-14(2)23-20(25)19-17(18)8-9-22(24-19)10-15-6-4-5-7-16(15)11-22/h4-7,12-13,24H,3,8-11H2,1-2H3. The first kappa shape index (κ1) is 16.4. The number of pyridine rings is 1. The fourth-order valence-electron chi connectivity index (χ4n) is 4.71. The van der Waals surface area contributed by atoms with Crippen LogP contribution >= 0.6 is 0 Å². The van der Waals surface area contributed by atoms with Crippen LogP contribution in [0.15, 0.2) is 36.7 Å². The number of ether oxygens (including phenoxy) is 1. The van der Waals surface area contributed by atoms with Crippen LogP contribution in [0.2, 0.25) is 0 Å². The van der Waals surface area contributed by atoms with Crippen molar-refractivity contribution in [2.45, 2.75) is 45.1 Å². The lowest BCUT2D eigenvalue weighted by molar-refractivity contribution is 0.0524. The molecule has 138 valence electrons.